The lowest BCUT2D eigenvalue weighted by Gasteiger charge is -2.29. The zero-order chi connectivity index (χ0) is 9.15. The molecule has 2 atom stereocenters. The summed E-state index contributed by atoms with van der Waals surface area (Å²) < 4.78 is 10.7. The number of nitrogens with one attached hydrogen (secondary N) is 1. The van der Waals surface area contributed by atoms with Gasteiger partial charge in [0.2, 0.25) is 0 Å². The maximum atomic E-state index is 5.96. The predicted octanol–water partition coefficient (Wildman–Crippen LogP) is 0.763. The highest BCUT2D eigenvalue weighted by Gasteiger charge is 2.36. The zero-order valence-corrected chi connectivity index (χ0v) is 8.48. The van der Waals surface area contributed by atoms with Crippen LogP contribution < -0.4 is 5.32 Å². The summed E-state index contributed by atoms with van der Waals surface area (Å²) in [7, 11) is 0. The summed E-state index contributed by atoms with van der Waals surface area (Å²) in [5, 5.41) is 3.56. The van der Waals surface area contributed by atoms with E-state index in [2.05, 4.69) is 5.32 Å². The molecule has 0 spiro atoms. The summed E-state index contributed by atoms with van der Waals surface area (Å²) in [6.45, 7) is 3.26. The van der Waals surface area contributed by atoms with Crippen LogP contribution in [-0.2, 0) is 9.47 Å². The van der Waals surface area contributed by atoms with Crippen molar-refractivity contribution in [2.45, 2.75) is 24.4 Å². The molecule has 0 bridgehead atoms. The molecular weight excluding hydrogens is 190 g/mol. The monoisotopic (exact) mass is 205 g/mol. The molecule has 0 aliphatic carbocycles. The van der Waals surface area contributed by atoms with Crippen LogP contribution in [0.4, 0.5) is 0 Å². The quantitative estimate of drug-likeness (QED) is 0.691. The van der Waals surface area contributed by atoms with E-state index in [1.54, 1.807) is 0 Å². The molecule has 0 amide bonds. The molecule has 2 unspecified atom stereocenters. The van der Waals surface area contributed by atoms with Crippen molar-refractivity contribution in [2.75, 3.05) is 32.3 Å². The molecule has 2 rings (SSSR count). The molecule has 0 aromatic carbocycles. The standard InChI is InChI=1S/C9H16ClNO2/c10-6-9(2-4-13-7-9)11-8-1-3-12-5-8/h8,11H,1-7H2. The minimum absolute atomic E-state index is 0.0138. The van der Waals surface area contributed by atoms with Crippen LogP contribution in [-0.4, -0.2) is 43.9 Å². The van der Waals surface area contributed by atoms with Crippen molar-refractivity contribution in [2.24, 2.45) is 0 Å². The highest BCUT2D eigenvalue weighted by molar-refractivity contribution is 6.18. The van der Waals surface area contributed by atoms with Gasteiger partial charge in [-0.25, -0.2) is 0 Å². The van der Waals surface area contributed by atoms with Crippen molar-refractivity contribution in [3.05, 3.63) is 0 Å². The average Bonchev–Trinajstić information content (AvgIpc) is 2.77. The smallest absolute Gasteiger partial charge is 0.0660 e. The molecule has 2 saturated heterocycles. The fourth-order valence-electron chi connectivity index (χ4n) is 1.95. The molecule has 2 heterocycles. The van der Waals surface area contributed by atoms with E-state index in [0.717, 1.165) is 39.3 Å². The van der Waals surface area contributed by atoms with Crippen LogP contribution in [0.25, 0.3) is 0 Å². The highest BCUT2D eigenvalue weighted by Crippen LogP contribution is 2.22. The molecule has 13 heavy (non-hydrogen) atoms. The number of alkyl halides is 1. The predicted molar refractivity (Wildman–Crippen MR) is 51.2 cm³/mol. The number of hydrogen-bond donors (Lipinski definition) is 1. The Labute approximate surface area is 83.7 Å². The van der Waals surface area contributed by atoms with Gasteiger partial charge in [0.1, 0.15) is 0 Å². The van der Waals surface area contributed by atoms with Gasteiger partial charge < -0.3 is 14.8 Å². The second-order valence-corrected chi connectivity index (χ2v) is 4.19. The first-order valence-electron chi connectivity index (χ1n) is 4.84. The zero-order valence-electron chi connectivity index (χ0n) is 7.72. The molecule has 1 N–H and O–H groups in total. The van der Waals surface area contributed by atoms with Gasteiger partial charge in [-0.2, -0.15) is 0 Å². The van der Waals surface area contributed by atoms with Gasteiger partial charge in [-0.15, -0.1) is 11.6 Å². The van der Waals surface area contributed by atoms with E-state index in [0.29, 0.717) is 11.9 Å². The molecule has 0 saturated carbocycles. The lowest BCUT2D eigenvalue weighted by Crippen LogP contribution is -2.52. The molecule has 2 fully saturated rings. The first kappa shape index (κ1) is 9.71. The van der Waals surface area contributed by atoms with Crippen LogP contribution in [0, 0.1) is 0 Å². The fraction of sp³-hybridized carbons (Fsp3) is 1.00. The van der Waals surface area contributed by atoms with Crippen LogP contribution in [0.15, 0.2) is 0 Å². The van der Waals surface area contributed by atoms with Gasteiger partial charge in [-0.3, -0.25) is 0 Å². The van der Waals surface area contributed by atoms with Crippen molar-refractivity contribution >= 4 is 11.6 Å². The largest absolute Gasteiger partial charge is 0.380 e. The molecule has 3 nitrogen and oxygen atoms in total. The number of hydrogen-bond acceptors (Lipinski definition) is 3. The Balaban J connectivity index is 1.88. The summed E-state index contributed by atoms with van der Waals surface area (Å²) >= 11 is 5.96. The van der Waals surface area contributed by atoms with Crippen LogP contribution in [0.1, 0.15) is 12.8 Å². The molecule has 4 heteroatoms. The van der Waals surface area contributed by atoms with Crippen LogP contribution in [0.3, 0.4) is 0 Å². The van der Waals surface area contributed by atoms with Crippen molar-refractivity contribution in [3.8, 4) is 0 Å². The van der Waals surface area contributed by atoms with Gasteiger partial charge in [0, 0.05) is 25.1 Å². The maximum Gasteiger partial charge on any atom is 0.0660 e. The van der Waals surface area contributed by atoms with Gasteiger partial charge in [0.15, 0.2) is 0 Å². The molecule has 0 aromatic heterocycles. The van der Waals surface area contributed by atoms with Gasteiger partial charge in [-0.05, 0) is 12.8 Å². The number of rotatable bonds is 3. The molecule has 76 valence electrons. The first-order valence-corrected chi connectivity index (χ1v) is 5.37. The van der Waals surface area contributed by atoms with Gasteiger partial charge in [-0.1, -0.05) is 0 Å². The van der Waals surface area contributed by atoms with Crippen molar-refractivity contribution < 1.29 is 9.47 Å². The Bertz CT molecular complexity index is 165. The summed E-state index contributed by atoms with van der Waals surface area (Å²) in [6.07, 6.45) is 2.12. The molecular formula is C9H16ClNO2. The van der Waals surface area contributed by atoms with Crippen molar-refractivity contribution in [3.63, 3.8) is 0 Å². The average molecular weight is 206 g/mol. The topological polar surface area (TPSA) is 30.5 Å². The Morgan fingerprint density at radius 2 is 2.31 bits per heavy atom. The van der Waals surface area contributed by atoms with Crippen LogP contribution in [0.2, 0.25) is 0 Å². The normalized spacial score (nSPS) is 39.9. The SMILES string of the molecule is ClCC1(NC2CCOC2)CCOC1. The first-order chi connectivity index (χ1) is 6.35. The van der Waals surface area contributed by atoms with E-state index in [9.17, 15) is 0 Å². The van der Waals surface area contributed by atoms with E-state index in [1.807, 2.05) is 0 Å². The summed E-state index contributed by atoms with van der Waals surface area (Å²) in [4.78, 5) is 0. The second kappa shape index (κ2) is 4.13. The fourth-order valence-corrected chi connectivity index (χ4v) is 2.23. The number of ether oxygens (including phenoxy) is 2. The Hall–Kier alpha value is 0.170. The van der Waals surface area contributed by atoms with E-state index in [4.69, 9.17) is 21.1 Å². The van der Waals surface area contributed by atoms with Gasteiger partial charge in [0.05, 0.1) is 18.8 Å². The third-order valence-electron chi connectivity index (χ3n) is 2.80. The van der Waals surface area contributed by atoms with Crippen LogP contribution >= 0.6 is 11.6 Å². The molecule has 0 radical (unpaired) electrons. The highest BCUT2D eigenvalue weighted by atomic mass is 35.5. The lowest BCUT2D eigenvalue weighted by molar-refractivity contribution is 0.158. The minimum atomic E-state index is 0.0138. The molecule has 2 aliphatic rings. The maximum absolute atomic E-state index is 5.96. The van der Waals surface area contributed by atoms with Gasteiger partial charge >= 0.3 is 0 Å². The van der Waals surface area contributed by atoms with E-state index < -0.39 is 0 Å². The van der Waals surface area contributed by atoms with E-state index in [1.165, 1.54) is 0 Å². The van der Waals surface area contributed by atoms with E-state index in [-0.39, 0.29) is 5.54 Å². The Morgan fingerprint density at radius 3 is 2.85 bits per heavy atom. The van der Waals surface area contributed by atoms with E-state index >= 15 is 0 Å². The van der Waals surface area contributed by atoms with Crippen molar-refractivity contribution in [1.82, 2.24) is 5.32 Å². The Morgan fingerprint density at radius 1 is 1.38 bits per heavy atom. The van der Waals surface area contributed by atoms with Crippen molar-refractivity contribution in [1.29, 1.82) is 0 Å². The lowest BCUT2D eigenvalue weighted by atomic mass is 10.00. The summed E-state index contributed by atoms with van der Waals surface area (Å²) in [6, 6.07) is 0.473. The molecule has 0 aromatic rings. The Kier molecular flexibility index (Phi) is 3.09. The second-order valence-electron chi connectivity index (χ2n) is 3.92. The van der Waals surface area contributed by atoms with Gasteiger partial charge in [0.25, 0.3) is 0 Å². The number of halogens is 1. The minimum Gasteiger partial charge on any atom is -0.380 e. The third-order valence-corrected chi connectivity index (χ3v) is 3.31. The summed E-state index contributed by atoms with van der Waals surface area (Å²) in [5.74, 6) is 0.628. The summed E-state index contributed by atoms with van der Waals surface area (Å²) in [5.41, 5.74) is 0.0138. The van der Waals surface area contributed by atoms with Crippen LogP contribution in [0.5, 0.6) is 0 Å². The third kappa shape index (κ3) is 2.15. The molecule has 2 aliphatic heterocycles.